The van der Waals surface area contributed by atoms with E-state index < -0.39 is 8.07 Å². The van der Waals surface area contributed by atoms with Crippen molar-refractivity contribution in [2.45, 2.75) is 44.9 Å². The minimum absolute atomic E-state index is 0.129. The molecule has 0 saturated heterocycles. The molecule has 1 aliphatic heterocycles. The van der Waals surface area contributed by atoms with Gasteiger partial charge < -0.3 is 0 Å². The Balaban J connectivity index is 1.84. The molecule has 2 rings (SSSR count). The van der Waals surface area contributed by atoms with Crippen molar-refractivity contribution in [3.05, 3.63) is 35.4 Å². The van der Waals surface area contributed by atoms with E-state index in [0.717, 1.165) is 12.8 Å². The molecule has 1 aromatic carbocycles. The van der Waals surface area contributed by atoms with Gasteiger partial charge >= 0.3 is 0 Å². The van der Waals surface area contributed by atoms with Gasteiger partial charge in [0.1, 0.15) is 0 Å². The van der Waals surface area contributed by atoms with Crippen LogP contribution in [0, 0.1) is 0 Å². The van der Waals surface area contributed by atoms with Gasteiger partial charge in [0.25, 0.3) is 11.8 Å². The maximum absolute atomic E-state index is 12.1. The van der Waals surface area contributed by atoms with Crippen molar-refractivity contribution in [1.29, 1.82) is 0 Å². The number of benzene rings is 1. The van der Waals surface area contributed by atoms with Crippen LogP contribution in [-0.2, 0) is 0 Å². The molecule has 108 valence electrons. The molecular weight excluding hydrogens is 266 g/mol. The first-order valence-corrected chi connectivity index (χ1v) is 11.1. The van der Waals surface area contributed by atoms with Crippen molar-refractivity contribution in [2.75, 3.05) is 6.54 Å². The van der Waals surface area contributed by atoms with Crippen LogP contribution in [0.1, 0.15) is 40.0 Å². The molecule has 2 amide bonds. The Morgan fingerprint density at radius 1 is 0.900 bits per heavy atom. The fourth-order valence-electron chi connectivity index (χ4n) is 2.54. The summed E-state index contributed by atoms with van der Waals surface area (Å²) in [6.07, 6.45) is 3.21. The number of hydrogen-bond donors (Lipinski definition) is 0. The van der Waals surface area contributed by atoms with E-state index in [4.69, 9.17) is 0 Å². The molecule has 0 bridgehead atoms. The maximum Gasteiger partial charge on any atom is 0.261 e. The molecule has 0 fully saturated rings. The van der Waals surface area contributed by atoms with E-state index in [0.29, 0.717) is 17.7 Å². The van der Waals surface area contributed by atoms with Crippen LogP contribution in [0.2, 0.25) is 25.7 Å². The Morgan fingerprint density at radius 2 is 1.45 bits per heavy atom. The molecule has 1 aromatic rings. The van der Waals surface area contributed by atoms with Crippen molar-refractivity contribution < 1.29 is 9.59 Å². The second-order valence-electron chi connectivity index (χ2n) is 6.68. The summed E-state index contributed by atoms with van der Waals surface area (Å²) in [5, 5.41) is 0. The molecule has 0 aliphatic carbocycles. The van der Waals surface area contributed by atoms with Crippen LogP contribution >= 0.6 is 0 Å². The summed E-state index contributed by atoms with van der Waals surface area (Å²) in [4.78, 5) is 25.7. The minimum Gasteiger partial charge on any atom is -0.274 e. The molecule has 0 unspecified atom stereocenters. The van der Waals surface area contributed by atoms with Gasteiger partial charge in [-0.2, -0.15) is 0 Å². The van der Waals surface area contributed by atoms with Gasteiger partial charge in [0, 0.05) is 14.6 Å². The van der Waals surface area contributed by atoms with Gasteiger partial charge in [-0.25, -0.2) is 0 Å². The lowest BCUT2D eigenvalue weighted by molar-refractivity contribution is 0.0651. The molecule has 0 aromatic heterocycles. The van der Waals surface area contributed by atoms with Gasteiger partial charge in [0.15, 0.2) is 0 Å². The first kappa shape index (κ1) is 15.0. The number of hydrogen-bond acceptors (Lipinski definition) is 2. The van der Waals surface area contributed by atoms with E-state index in [1.807, 2.05) is 12.1 Å². The van der Waals surface area contributed by atoms with Crippen LogP contribution in [0.3, 0.4) is 0 Å². The third-order valence-electron chi connectivity index (χ3n) is 3.69. The van der Waals surface area contributed by atoms with E-state index >= 15 is 0 Å². The number of amides is 2. The summed E-state index contributed by atoms with van der Waals surface area (Å²) in [5.74, 6) is -0.258. The van der Waals surface area contributed by atoms with Crippen LogP contribution in [0.15, 0.2) is 24.3 Å². The highest BCUT2D eigenvalue weighted by Crippen LogP contribution is 2.23. The zero-order chi connectivity index (χ0) is 14.8. The summed E-state index contributed by atoms with van der Waals surface area (Å²) < 4.78 is 0. The molecule has 0 radical (unpaired) electrons. The lowest BCUT2D eigenvalue weighted by Gasteiger charge is -2.16. The molecule has 0 saturated carbocycles. The highest BCUT2D eigenvalue weighted by Gasteiger charge is 2.34. The average molecular weight is 289 g/mol. The van der Waals surface area contributed by atoms with E-state index in [2.05, 4.69) is 19.6 Å². The summed E-state index contributed by atoms with van der Waals surface area (Å²) >= 11 is 0. The van der Waals surface area contributed by atoms with Gasteiger partial charge in [-0.1, -0.05) is 50.7 Å². The Morgan fingerprint density at radius 3 is 1.95 bits per heavy atom. The van der Waals surface area contributed by atoms with Crippen LogP contribution in [0.4, 0.5) is 0 Å². The van der Waals surface area contributed by atoms with Crippen molar-refractivity contribution in [1.82, 2.24) is 4.90 Å². The third-order valence-corrected chi connectivity index (χ3v) is 5.54. The number of unbranched alkanes of at least 4 members (excludes halogenated alkanes) is 2. The number of nitrogens with zero attached hydrogens (tertiary/aromatic N) is 1. The second-order valence-corrected chi connectivity index (χ2v) is 12.3. The lowest BCUT2D eigenvalue weighted by atomic mass is 10.1. The van der Waals surface area contributed by atoms with Gasteiger partial charge in [-0.3, -0.25) is 14.5 Å². The number of fused-ring (bicyclic) bond motifs is 1. The van der Waals surface area contributed by atoms with Gasteiger partial charge in [-0.15, -0.1) is 0 Å². The van der Waals surface area contributed by atoms with Crippen LogP contribution in [-0.4, -0.2) is 31.3 Å². The normalized spacial score (nSPS) is 14.8. The Hall–Kier alpha value is -1.42. The molecule has 20 heavy (non-hydrogen) atoms. The first-order chi connectivity index (χ1) is 9.40. The summed E-state index contributed by atoms with van der Waals surface area (Å²) in [6, 6.07) is 8.40. The highest BCUT2D eigenvalue weighted by atomic mass is 28.3. The minimum atomic E-state index is -0.965. The fourth-order valence-corrected chi connectivity index (χ4v) is 3.85. The molecule has 0 N–H and O–H groups in total. The predicted molar refractivity (Wildman–Crippen MR) is 83.8 cm³/mol. The number of carbonyl (C=O) groups excluding carboxylic acids is 2. The molecule has 0 atom stereocenters. The summed E-state index contributed by atoms with van der Waals surface area (Å²) in [5.41, 5.74) is 1.11. The maximum atomic E-state index is 12.1. The van der Waals surface area contributed by atoms with E-state index in [9.17, 15) is 9.59 Å². The Kier molecular flexibility index (Phi) is 4.43. The first-order valence-electron chi connectivity index (χ1n) is 7.35. The number of imide groups is 1. The van der Waals surface area contributed by atoms with E-state index in [1.54, 1.807) is 12.1 Å². The van der Waals surface area contributed by atoms with E-state index in [1.165, 1.54) is 17.4 Å². The standard InChI is InChI=1S/C16H23NO2Si/c1-20(2,3)12-8-4-7-11-17-15(18)13-9-5-6-10-14(13)16(17)19/h5-6,9-10H,4,7-8,11-12H2,1-3H3. The molecule has 3 nitrogen and oxygen atoms in total. The highest BCUT2D eigenvalue weighted by molar-refractivity contribution is 6.76. The smallest absolute Gasteiger partial charge is 0.261 e. The summed E-state index contributed by atoms with van der Waals surface area (Å²) in [6.45, 7) is 7.67. The van der Waals surface area contributed by atoms with Crippen molar-refractivity contribution in [3.8, 4) is 0 Å². The Labute approximate surface area is 122 Å². The summed E-state index contributed by atoms with van der Waals surface area (Å²) in [7, 11) is -0.965. The SMILES string of the molecule is C[Si](C)(C)CCCCCN1C(=O)c2ccccc2C1=O. The van der Waals surface area contributed by atoms with Crippen molar-refractivity contribution in [3.63, 3.8) is 0 Å². The predicted octanol–water partition coefficient (Wildman–Crippen LogP) is 3.79. The topological polar surface area (TPSA) is 37.4 Å². The number of rotatable bonds is 6. The zero-order valence-electron chi connectivity index (χ0n) is 12.6. The Bertz CT molecular complexity index is 484. The van der Waals surface area contributed by atoms with Gasteiger partial charge in [-0.05, 0) is 18.6 Å². The lowest BCUT2D eigenvalue weighted by Crippen LogP contribution is -2.30. The second kappa shape index (κ2) is 5.91. The number of carbonyl (C=O) groups is 2. The van der Waals surface area contributed by atoms with Gasteiger partial charge in [0.2, 0.25) is 0 Å². The monoisotopic (exact) mass is 289 g/mol. The van der Waals surface area contributed by atoms with Crippen LogP contribution in [0.5, 0.6) is 0 Å². The van der Waals surface area contributed by atoms with Gasteiger partial charge in [0.05, 0.1) is 11.1 Å². The van der Waals surface area contributed by atoms with Crippen LogP contribution in [0.25, 0.3) is 0 Å². The zero-order valence-corrected chi connectivity index (χ0v) is 13.6. The largest absolute Gasteiger partial charge is 0.274 e. The third kappa shape index (κ3) is 3.36. The van der Waals surface area contributed by atoms with Crippen molar-refractivity contribution in [2.24, 2.45) is 0 Å². The molecule has 4 heteroatoms. The fraction of sp³-hybridized carbons (Fsp3) is 0.500. The van der Waals surface area contributed by atoms with E-state index in [-0.39, 0.29) is 11.8 Å². The quantitative estimate of drug-likeness (QED) is 0.454. The van der Waals surface area contributed by atoms with Crippen LogP contribution < -0.4 is 0 Å². The molecular formula is C16H23NO2Si. The molecule has 1 aliphatic rings. The average Bonchev–Trinajstić information content (AvgIpc) is 2.62. The molecule has 0 spiro atoms. The molecule has 1 heterocycles. The van der Waals surface area contributed by atoms with Crippen molar-refractivity contribution >= 4 is 19.9 Å².